The van der Waals surface area contributed by atoms with Gasteiger partial charge in [0.15, 0.2) is 0 Å². The van der Waals surface area contributed by atoms with Crippen LogP contribution in [0, 0.1) is 5.82 Å². The molecule has 1 aliphatic rings. The summed E-state index contributed by atoms with van der Waals surface area (Å²) >= 11 is 0. The maximum absolute atomic E-state index is 13.9. The van der Waals surface area contributed by atoms with Crippen molar-refractivity contribution >= 4 is 5.91 Å². The molecule has 0 N–H and O–H groups in total. The quantitative estimate of drug-likeness (QED) is 0.823. The van der Waals surface area contributed by atoms with Gasteiger partial charge in [0.25, 0.3) is 5.91 Å². The molecule has 1 aromatic carbocycles. The van der Waals surface area contributed by atoms with Gasteiger partial charge in [-0.15, -0.1) is 0 Å². The van der Waals surface area contributed by atoms with Crippen molar-refractivity contribution < 1.29 is 18.7 Å². The van der Waals surface area contributed by atoms with E-state index in [1.165, 1.54) is 19.2 Å². The van der Waals surface area contributed by atoms with Crippen LogP contribution in [0.3, 0.4) is 0 Å². The molecule has 0 aliphatic carbocycles. The Morgan fingerprint density at radius 1 is 1.47 bits per heavy atom. The highest BCUT2D eigenvalue weighted by Crippen LogP contribution is 2.20. The monoisotopic (exact) mass is 267 g/mol. The van der Waals surface area contributed by atoms with Crippen LogP contribution in [0.2, 0.25) is 0 Å². The molecule has 1 amide bonds. The van der Waals surface area contributed by atoms with Gasteiger partial charge in [-0.05, 0) is 26.0 Å². The van der Waals surface area contributed by atoms with E-state index in [0.717, 1.165) is 0 Å². The number of hydrogen-bond acceptors (Lipinski definition) is 3. The van der Waals surface area contributed by atoms with Gasteiger partial charge in [0.05, 0.1) is 31.4 Å². The lowest BCUT2D eigenvalue weighted by Gasteiger charge is -2.36. The summed E-state index contributed by atoms with van der Waals surface area (Å²) in [6.07, 6.45) is -0.0264. The fourth-order valence-electron chi connectivity index (χ4n) is 2.14. The van der Waals surface area contributed by atoms with Crippen LogP contribution in [-0.2, 0) is 4.74 Å². The lowest BCUT2D eigenvalue weighted by molar-refractivity contribution is -0.0388. The Morgan fingerprint density at radius 3 is 2.84 bits per heavy atom. The lowest BCUT2D eigenvalue weighted by atomic mass is 10.1. The third kappa shape index (κ3) is 2.87. The second-order valence-electron chi connectivity index (χ2n) is 4.80. The minimum absolute atomic E-state index is 0.0264. The third-order valence-corrected chi connectivity index (χ3v) is 3.28. The second-order valence-corrected chi connectivity index (χ2v) is 4.80. The first-order chi connectivity index (χ1) is 9.02. The first kappa shape index (κ1) is 13.8. The van der Waals surface area contributed by atoms with Crippen molar-refractivity contribution in [2.24, 2.45) is 0 Å². The topological polar surface area (TPSA) is 38.8 Å². The molecule has 104 valence electrons. The number of carbonyl (C=O) groups is 1. The van der Waals surface area contributed by atoms with Crippen molar-refractivity contribution in [1.82, 2.24) is 4.90 Å². The maximum atomic E-state index is 13.9. The number of ether oxygens (including phenoxy) is 2. The van der Waals surface area contributed by atoms with E-state index >= 15 is 0 Å². The first-order valence-corrected chi connectivity index (χ1v) is 6.29. The fourth-order valence-corrected chi connectivity index (χ4v) is 2.14. The highest BCUT2D eigenvalue weighted by atomic mass is 19.1. The molecule has 19 heavy (non-hydrogen) atoms. The summed E-state index contributed by atoms with van der Waals surface area (Å²) < 4.78 is 24.3. The van der Waals surface area contributed by atoms with Gasteiger partial charge in [0.2, 0.25) is 0 Å². The van der Waals surface area contributed by atoms with Gasteiger partial charge < -0.3 is 14.4 Å². The van der Waals surface area contributed by atoms with Crippen molar-refractivity contribution in [3.63, 3.8) is 0 Å². The number of amides is 1. The molecule has 1 saturated heterocycles. The summed E-state index contributed by atoms with van der Waals surface area (Å²) in [6, 6.07) is 4.22. The van der Waals surface area contributed by atoms with Crippen molar-refractivity contribution in [3.05, 3.63) is 29.6 Å². The molecule has 2 rings (SSSR count). The predicted octanol–water partition coefficient (Wildman–Crippen LogP) is 2.08. The van der Waals surface area contributed by atoms with Crippen LogP contribution in [0.4, 0.5) is 4.39 Å². The minimum atomic E-state index is -0.560. The van der Waals surface area contributed by atoms with Gasteiger partial charge in [-0.25, -0.2) is 4.39 Å². The third-order valence-electron chi connectivity index (χ3n) is 3.28. The zero-order valence-electron chi connectivity index (χ0n) is 11.4. The van der Waals surface area contributed by atoms with Gasteiger partial charge in [-0.3, -0.25) is 4.79 Å². The fraction of sp³-hybridized carbons (Fsp3) is 0.500. The van der Waals surface area contributed by atoms with Gasteiger partial charge in [-0.2, -0.15) is 0 Å². The van der Waals surface area contributed by atoms with Crippen molar-refractivity contribution in [2.45, 2.75) is 26.0 Å². The van der Waals surface area contributed by atoms with E-state index in [4.69, 9.17) is 9.47 Å². The summed E-state index contributed by atoms with van der Waals surface area (Å²) in [5.41, 5.74) is 0.0711. The molecule has 1 heterocycles. The number of halogens is 1. The average Bonchev–Trinajstić information content (AvgIpc) is 2.40. The molecule has 4 nitrogen and oxygen atoms in total. The molecule has 5 heteroatoms. The van der Waals surface area contributed by atoms with Crippen LogP contribution in [-0.4, -0.2) is 43.2 Å². The normalized spacial score (nSPS) is 23.3. The Hall–Kier alpha value is -1.62. The first-order valence-electron chi connectivity index (χ1n) is 6.29. The molecular formula is C14H18FNO3. The Kier molecular flexibility index (Phi) is 4.04. The van der Waals surface area contributed by atoms with Crippen LogP contribution in [0.1, 0.15) is 24.2 Å². The van der Waals surface area contributed by atoms with E-state index in [0.29, 0.717) is 18.9 Å². The van der Waals surface area contributed by atoms with E-state index in [2.05, 4.69) is 0 Å². The molecule has 0 aromatic heterocycles. The van der Waals surface area contributed by atoms with E-state index in [1.54, 1.807) is 11.0 Å². The summed E-state index contributed by atoms with van der Waals surface area (Å²) in [7, 11) is 1.46. The zero-order chi connectivity index (χ0) is 14.0. The number of rotatable bonds is 2. The van der Waals surface area contributed by atoms with Gasteiger partial charge >= 0.3 is 0 Å². The molecule has 1 aliphatic heterocycles. The van der Waals surface area contributed by atoms with Crippen LogP contribution in [0.25, 0.3) is 0 Å². The lowest BCUT2D eigenvalue weighted by Crippen LogP contribution is -2.50. The van der Waals surface area contributed by atoms with Crippen LogP contribution < -0.4 is 4.74 Å². The molecule has 0 saturated carbocycles. The highest BCUT2D eigenvalue weighted by molar-refractivity contribution is 5.95. The molecule has 2 unspecified atom stereocenters. The van der Waals surface area contributed by atoms with Gasteiger partial charge in [0.1, 0.15) is 11.6 Å². The largest absolute Gasteiger partial charge is 0.497 e. The number of benzene rings is 1. The Morgan fingerprint density at radius 2 is 2.21 bits per heavy atom. The average molecular weight is 267 g/mol. The van der Waals surface area contributed by atoms with E-state index in [9.17, 15) is 9.18 Å². The molecule has 1 fully saturated rings. The van der Waals surface area contributed by atoms with E-state index in [-0.39, 0.29) is 23.6 Å². The van der Waals surface area contributed by atoms with Crippen LogP contribution >= 0.6 is 0 Å². The van der Waals surface area contributed by atoms with Crippen molar-refractivity contribution in [2.75, 3.05) is 20.3 Å². The smallest absolute Gasteiger partial charge is 0.257 e. The maximum Gasteiger partial charge on any atom is 0.257 e. The van der Waals surface area contributed by atoms with Crippen molar-refractivity contribution in [3.8, 4) is 5.75 Å². The van der Waals surface area contributed by atoms with Crippen molar-refractivity contribution in [1.29, 1.82) is 0 Å². The van der Waals surface area contributed by atoms with Crippen LogP contribution in [0.5, 0.6) is 5.75 Å². The minimum Gasteiger partial charge on any atom is -0.497 e. The summed E-state index contributed by atoms with van der Waals surface area (Å²) in [6.45, 7) is 4.75. The summed E-state index contributed by atoms with van der Waals surface area (Å²) in [4.78, 5) is 14.0. The number of hydrogen-bond donors (Lipinski definition) is 0. The molecule has 1 aromatic rings. The Bertz CT molecular complexity index is 478. The van der Waals surface area contributed by atoms with Gasteiger partial charge in [-0.1, -0.05) is 0 Å². The predicted molar refractivity (Wildman–Crippen MR) is 68.9 cm³/mol. The molecule has 0 radical (unpaired) electrons. The summed E-state index contributed by atoms with van der Waals surface area (Å²) in [5, 5.41) is 0. The molecule has 2 atom stereocenters. The Balaban J connectivity index is 2.23. The molecule has 0 spiro atoms. The number of carbonyl (C=O) groups excluding carboxylic acids is 1. The highest BCUT2D eigenvalue weighted by Gasteiger charge is 2.29. The molecule has 0 bridgehead atoms. The second kappa shape index (κ2) is 5.57. The number of methoxy groups -OCH3 is 1. The van der Waals surface area contributed by atoms with E-state index in [1.807, 2.05) is 13.8 Å². The molecular weight excluding hydrogens is 249 g/mol. The van der Waals surface area contributed by atoms with Gasteiger partial charge in [0, 0.05) is 12.6 Å². The van der Waals surface area contributed by atoms with Crippen LogP contribution in [0.15, 0.2) is 18.2 Å². The standard InChI is InChI=1S/C14H18FNO3/c1-9-8-19-10(2)7-16(9)14(17)12-5-4-11(18-3)6-13(12)15/h4-6,9-10H,7-8H2,1-3H3. The number of morpholine rings is 1. The summed E-state index contributed by atoms with van der Waals surface area (Å²) in [5.74, 6) is -0.462. The Labute approximate surface area is 112 Å². The SMILES string of the molecule is COc1ccc(C(=O)N2CC(C)OCC2C)c(F)c1. The van der Waals surface area contributed by atoms with E-state index < -0.39 is 5.82 Å². The number of nitrogens with zero attached hydrogens (tertiary/aromatic N) is 1. The zero-order valence-corrected chi connectivity index (χ0v) is 11.4.